The van der Waals surface area contributed by atoms with Crippen LogP contribution in [0.4, 0.5) is 0 Å². The number of aliphatic carboxylic acids is 1. The molecule has 0 bridgehead atoms. The first kappa shape index (κ1) is 13.3. The SMILES string of the molecule is O=C(NC1(C(=O)O)CCCCC1)c1ccc(=O)oc1. The van der Waals surface area contributed by atoms with Crippen molar-refractivity contribution in [2.75, 3.05) is 0 Å². The van der Waals surface area contributed by atoms with E-state index in [2.05, 4.69) is 9.73 Å². The van der Waals surface area contributed by atoms with Gasteiger partial charge in [0.1, 0.15) is 11.8 Å². The van der Waals surface area contributed by atoms with Gasteiger partial charge in [0.05, 0.1) is 5.56 Å². The Kier molecular flexibility index (Phi) is 3.69. The molecule has 6 nitrogen and oxygen atoms in total. The number of hydrogen-bond acceptors (Lipinski definition) is 4. The van der Waals surface area contributed by atoms with Gasteiger partial charge in [0.25, 0.3) is 5.91 Å². The molecule has 102 valence electrons. The maximum Gasteiger partial charge on any atom is 0.335 e. The van der Waals surface area contributed by atoms with Crippen LogP contribution in [-0.4, -0.2) is 22.5 Å². The van der Waals surface area contributed by atoms with Crippen LogP contribution in [0.1, 0.15) is 42.5 Å². The number of nitrogens with one attached hydrogen (secondary N) is 1. The zero-order valence-corrected chi connectivity index (χ0v) is 10.3. The van der Waals surface area contributed by atoms with Gasteiger partial charge >= 0.3 is 11.6 Å². The first-order chi connectivity index (χ1) is 9.03. The zero-order valence-electron chi connectivity index (χ0n) is 10.3. The molecule has 1 aliphatic rings. The van der Waals surface area contributed by atoms with E-state index in [1.165, 1.54) is 6.07 Å². The Morgan fingerprint density at radius 3 is 2.42 bits per heavy atom. The Morgan fingerprint density at radius 1 is 1.21 bits per heavy atom. The number of rotatable bonds is 3. The molecular formula is C13H15NO5. The molecule has 0 radical (unpaired) electrons. The van der Waals surface area contributed by atoms with Crippen LogP contribution in [0.2, 0.25) is 0 Å². The summed E-state index contributed by atoms with van der Waals surface area (Å²) in [6.45, 7) is 0. The highest BCUT2D eigenvalue weighted by Crippen LogP contribution is 2.28. The highest BCUT2D eigenvalue weighted by atomic mass is 16.4. The predicted octanol–water partition coefficient (Wildman–Crippen LogP) is 1.16. The molecule has 0 aromatic carbocycles. The van der Waals surface area contributed by atoms with E-state index >= 15 is 0 Å². The summed E-state index contributed by atoms with van der Waals surface area (Å²) in [5.41, 5.74) is -1.61. The van der Waals surface area contributed by atoms with Gasteiger partial charge < -0.3 is 14.8 Å². The van der Waals surface area contributed by atoms with Crippen molar-refractivity contribution in [1.82, 2.24) is 5.32 Å². The molecule has 0 unspecified atom stereocenters. The molecule has 19 heavy (non-hydrogen) atoms. The van der Waals surface area contributed by atoms with Crippen molar-refractivity contribution in [1.29, 1.82) is 0 Å². The van der Waals surface area contributed by atoms with Crippen molar-refractivity contribution in [2.24, 2.45) is 0 Å². The largest absolute Gasteiger partial charge is 0.480 e. The molecule has 6 heteroatoms. The fraction of sp³-hybridized carbons (Fsp3) is 0.462. The monoisotopic (exact) mass is 265 g/mol. The molecule has 1 aliphatic carbocycles. The van der Waals surface area contributed by atoms with Crippen LogP contribution >= 0.6 is 0 Å². The second-order valence-electron chi connectivity index (χ2n) is 4.75. The van der Waals surface area contributed by atoms with Crippen LogP contribution in [0.25, 0.3) is 0 Å². The van der Waals surface area contributed by atoms with Crippen LogP contribution in [-0.2, 0) is 4.79 Å². The van der Waals surface area contributed by atoms with E-state index in [0.717, 1.165) is 31.6 Å². The molecule has 1 aromatic rings. The van der Waals surface area contributed by atoms with E-state index in [-0.39, 0.29) is 5.56 Å². The van der Waals surface area contributed by atoms with Gasteiger partial charge in [-0.25, -0.2) is 9.59 Å². The number of carbonyl (C=O) groups excluding carboxylic acids is 1. The van der Waals surface area contributed by atoms with Crippen LogP contribution in [0.5, 0.6) is 0 Å². The average molecular weight is 265 g/mol. The van der Waals surface area contributed by atoms with Gasteiger partial charge in [-0.3, -0.25) is 4.79 Å². The molecular weight excluding hydrogens is 250 g/mol. The fourth-order valence-electron chi connectivity index (χ4n) is 2.32. The Bertz CT molecular complexity index is 522. The van der Waals surface area contributed by atoms with Crippen LogP contribution in [0.3, 0.4) is 0 Å². The third-order valence-electron chi connectivity index (χ3n) is 3.43. The summed E-state index contributed by atoms with van der Waals surface area (Å²) >= 11 is 0. The molecule has 1 heterocycles. The predicted molar refractivity (Wildman–Crippen MR) is 65.9 cm³/mol. The number of amides is 1. The molecule has 1 amide bonds. The Hall–Kier alpha value is -2.11. The lowest BCUT2D eigenvalue weighted by molar-refractivity contribution is -0.145. The summed E-state index contributed by atoms with van der Waals surface area (Å²) < 4.78 is 4.60. The van der Waals surface area contributed by atoms with E-state index in [1.807, 2.05) is 0 Å². The lowest BCUT2D eigenvalue weighted by Gasteiger charge is -2.33. The van der Waals surface area contributed by atoms with Crippen LogP contribution in [0, 0.1) is 0 Å². The molecule has 0 saturated heterocycles. The minimum absolute atomic E-state index is 0.144. The summed E-state index contributed by atoms with van der Waals surface area (Å²) in [6.07, 6.45) is 4.41. The Morgan fingerprint density at radius 2 is 1.89 bits per heavy atom. The molecule has 2 N–H and O–H groups in total. The van der Waals surface area contributed by atoms with Gasteiger partial charge in [-0.2, -0.15) is 0 Å². The lowest BCUT2D eigenvalue weighted by atomic mass is 9.81. The quantitative estimate of drug-likeness (QED) is 0.854. The summed E-state index contributed by atoms with van der Waals surface area (Å²) in [5.74, 6) is -1.55. The molecule has 0 spiro atoms. The second-order valence-corrected chi connectivity index (χ2v) is 4.75. The van der Waals surface area contributed by atoms with Crippen molar-refractivity contribution in [3.8, 4) is 0 Å². The van der Waals surface area contributed by atoms with Gasteiger partial charge in [0.15, 0.2) is 0 Å². The highest BCUT2D eigenvalue weighted by molar-refractivity contribution is 5.97. The van der Waals surface area contributed by atoms with Crippen molar-refractivity contribution >= 4 is 11.9 Å². The van der Waals surface area contributed by atoms with Gasteiger partial charge in [-0.15, -0.1) is 0 Å². The second kappa shape index (κ2) is 5.26. The average Bonchev–Trinajstić information content (AvgIpc) is 2.40. The summed E-state index contributed by atoms with van der Waals surface area (Å²) in [7, 11) is 0. The maximum atomic E-state index is 12.0. The van der Waals surface area contributed by atoms with Crippen LogP contribution < -0.4 is 10.9 Å². The third kappa shape index (κ3) is 2.83. The molecule has 1 saturated carbocycles. The number of carbonyl (C=O) groups is 2. The third-order valence-corrected chi connectivity index (χ3v) is 3.43. The van der Waals surface area contributed by atoms with Crippen molar-refractivity contribution in [3.63, 3.8) is 0 Å². The van der Waals surface area contributed by atoms with E-state index in [1.54, 1.807) is 0 Å². The topological polar surface area (TPSA) is 96.6 Å². The molecule has 0 aliphatic heterocycles. The number of hydrogen-bond donors (Lipinski definition) is 2. The van der Waals surface area contributed by atoms with Gasteiger partial charge in [0, 0.05) is 6.07 Å². The normalized spacial score (nSPS) is 17.7. The van der Waals surface area contributed by atoms with Crippen LogP contribution in [0.15, 0.2) is 27.6 Å². The standard InChI is InChI=1S/C13H15NO5/c15-10-5-4-9(8-19-10)11(16)14-13(12(17)18)6-2-1-3-7-13/h4-5,8H,1-3,6-7H2,(H,14,16)(H,17,18). The van der Waals surface area contributed by atoms with Crippen molar-refractivity contribution < 1.29 is 19.1 Å². The Labute approximate surface area is 109 Å². The first-order valence-corrected chi connectivity index (χ1v) is 6.18. The fourth-order valence-corrected chi connectivity index (χ4v) is 2.32. The van der Waals surface area contributed by atoms with E-state index in [0.29, 0.717) is 12.8 Å². The van der Waals surface area contributed by atoms with E-state index in [4.69, 9.17) is 0 Å². The first-order valence-electron chi connectivity index (χ1n) is 6.18. The van der Waals surface area contributed by atoms with Gasteiger partial charge in [0.2, 0.25) is 0 Å². The minimum atomic E-state index is -1.20. The Balaban J connectivity index is 2.17. The molecule has 2 rings (SSSR count). The number of carboxylic acids is 1. The van der Waals surface area contributed by atoms with Gasteiger partial charge in [-0.1, -0.05) is 19.3 Å². The molecule has 0 atom stereocenters. The maximum absolute atomic E-state index is 12.0. The van der Waals surface area contributed by atoms with E-state index < -0.39 is 23.0 Å². The summed E-state index contributed by atoms with van der Waals surface area (Å²) in [5, 5.41) is 11.9. The summed E-state index contributed by atoms with van der Waals surface area (Å²) in [6, 6.07) is 2.45. The minimum Gasteiger partial charge on any atom is -0.480 e. The number of carboxylic acid groups (broad SMARTS) is 1. The van der Waals surface area contributed by atoms with E-state index in [9.17, 15) is 19.5 Å². The smallest absolute Gasteiger partial charge is 0.335 e. The molecule has 1 fully saturated rings. The van der Waals surface area contributed by atoms with Crippen molar-refractivity contribution in [3.05, 3.63) is 34.4 Å². The van der Waals surface area contributed by atoms with Gasteiger partial charge in [-0.05, 0) is 18.9 Å². The van der Waals surface area contributed by atoms with Crippen molar-refractivity contribution in [2.45, 2.75) is 37.6 Å². The lowest BCUT2D eigenvalue weighted by Crippen LogP contribution is -2.55. The highest BCUT2D eigenvalue weighted by Gasteiger charge is 2.41. The zero-order chi connectivity index (χ0) is 13.9. The summed E-state index contributed by atoms with van der Waals surface area (Å²) in [4.78, 5) is 34.2. The molecule has 1 aromatic heterocycles.